The molecule has 0 spiro atoms. The van der Waals surface area contributed by atoms with Gasteiger partial charge in [0.1, 0.15) is 5.76 Å². The molecule has 1 saturated heterocycles. The van der Waals surface area contributed by atoms with Crippen molar-refractivity contribution in [2.24, 2.45) is 0 Å². The van der Waals surface area contributed by atoms with Crippen molar-refractivity contribution in [3.63, 3.8) is 0 Å². The van der Waals surface area contributed by atoms with Crippen molar-refractivity contribution >= 4 is 40.7 Å². The molecule has 0 bridgehead atoms. The summed E-state index contributed by atoms with van der Waals surface area (Å²) in [6.07, 6.45) is 0. The molecule has 2 aromatic rings. The molecule has 2 aromatic carbocycles. The number of carbonyl (C=O) groups excluding carboxylic acids is 2. The van der Waals surface area contributed by atoms with E-state index in [-0.39, 0.29) is 11.3 Å². The smallest absolute Gasteiger partial charge is 0.295 e. The molecule has 1 aliphatic rings. The molecule has 5 nitrogen and oxygen atoms in total. The maximum absolute atomic E-state index is 13.0. The first-order valence-corrected chi connectivity index (χ1v) is 10.6. The molecule has 1 N–H and O–H groups in total. The number of hydrogen-bond acceptors (Lipinski definition) is 4. The van der Waals surface area contributed by atoms with E-state index in [2.05, 4.69) is 18.7 Å². The topological polar surface area (TPSA) is 60.9 Å². The van der Waals surface area contributed by atoms with Crippen LogP contribution in [0.3, 0.4) is 0 Å². The van der Waals surface area contributed by atoms with Gasteiger partial charge in [0.2, 0.25) is 0 Å². The zero-order valence-electron chi connectivity index (χ0n) is 16.9. The molecule has 0 radical (unpaired) electrons. The van der Waals surface area contributed by atoms with E-state index in [1.54, 1.807) is 48.5 Å². The Labute approximate surface area is 186 Å². The quantitative estimate of drug-likeness (QED) is 0.378. The van der Waals surface area contributed by atoms with Gasteiger partial charge in [-0.1, -0.05) is 49.2 Å². The van der Waals surface area contributed by atoms with Gasteiger partial charge in [-0.3, -0.25) is 9.59 Å². The summed E-state index contributed by atoms with van der Waals surface area (Å²) in [7, 11) is 0. The normalized spacial score (nSPS) is 18.4. The number of aliphatic hydroxyl groups is 1. The number of Topliss-reactive ketones (excluding diaryl/α,β-unsaturated/α-hetero) is 1. The molecular weight excluding hydrogens is 423 g/mol. The Balaban J connectivity index is 2.08. The Morgan fingerprint density at radius 2 is 1.50 bits per heavy atom. The summed E-state index contributed by atoms with van der Waals surface area (Å²) in [4.78, 5) is 29.6. The van der Waals surface area contributed by atoms with Crippen LogP contribution in [0, 0.1) is 0 Å². The van der Waals surface area contributed by atoms with Gasteiger partial charge in [0.25, 0.3) is 11.7 Å². The van der Waals surface area contributed by atoms with Crippen molar-refractivity contribution in [2.45, 2.75) is 19.9 Å². The largest absolute Gasteiger partial charge is 0.507 e. The van der Waals surface area contributed by atoms with Crippen LogP contribution in [0.1, 0.15) is 31.0 Å². The van der Waals surface area contributed by atoms with E-state index < -0.39 is 17.7 Å². The van der Waals surface area contributed by atoms with E-state index in [1.165, 1.54) is 4.90 Å². The number of likely N-dealkylation sites (tertiary alicyclic amines) is 1. The number of likely N-dealkylation sites (N-methyl/N-ethyl adjacent to an activating group) is 1. The summed E-state index contributed by atoms with van der Waals surface area (Å²) in [6.45, 7) is 6.79. The standard InChI is InChI=1S/C23H24Cl2N2O3/c1-3-26(4-2)13-14-27-20(15-5-9-17(24)10-6-15)19(22(29)23(27)30)21(28)16-7-11-18(25)12-8-16/h5-12,20,28H,3-4,13-14H2,1-2H3/b21-19-. The fourth-order valence-electron chi connectivity index (χ4n) is 3.65. The molecule has 0 aliphatic carbocycles. The molecule has 3 rings (SSSR count). The van der Waals surface area contributed by atoms with Gasteiger partial charge in [-0.15, -0.1) is 0 Å². The molecule has 7 heteroatoms. The van der Waals surface area contributed by atoms with E-state index in [9.17, 15) is 14.7 Å². The lowest BCUT2D eigenvalue weighted by atomic mass is 9.95. The van der Waals surface area contributed by atoms with Crippen LogP contribution in [0.5, 0.6) is 0 Å². The molecule has 158 valence electrons. The number of ketones is 1. The predicted octanol–water partition coefficient (Wildman–Crippen LogP) is 4.76. The molecule has 1 aliphatic heterocycles. The number of benzene rings is 2. The molecule has 30 heavy (non-hydrogen) atoms. The van der Waals surface area contributed by atoms with E-state index in [0.717, 1.165) is 13.1 Å². The van der Waals surface area contributed by atoms with Crippen molar-refractivity contribution in [3.05, 3.63) is 75.3 Å². The van der Waals surface area contributed by atoms with Crippen LogP contribution in [-0.2, 0) is 9.59 Å². The molecule has 0 aromatic heterocycles. The van der Waals surface area contributed by atoms with Gasteiger partial charge in [0.15, 0.2) is 0 Å². The summed E-state index contributed by atoms with van der Waals surface area (Å²) in [5.41, 5.74) is 1.22. The lowest BCUT2D eigenvalue weighted by molar-refractivity contribution is -0.140. The minimum atomic E-state index is -0.693. The minimum absolute atomic E-state index is 0.0733. The van der Waals surface area contributed by atoms with Crippen LogP contribution in [0.2, 0.25) is 10.0 Å². The van der Waals surface area contributed by atoms with Gasteiger partial charge in [0.05, 0.1) is 11.6 Å². The van der Waals surface area contributed by atoms with Crippen LogP contribution in [-0.4, -0.2) is 52.8 Å². The number of amides is 1. The summed E-state index contributed by atoms with van der Waals surface area (Å²) in [5.74, 6) is -1.52. The molecule has 1 unspecified atom stereocenters. The first-order valence-electron chi connectivity index (χ1n) is 9.89. The lowest BCUT2D eigenvalue weighted by Crippen LogP contribution is -2.38. The number of carbonyl (C=O) groups is 2. The molecule has 1 amide bonds. The van der Waals surface area contributed by atoms with Crippen LogP contribution < -0.4 is 0 Å². The Morgan fingerprint density at radius 1 is 0.967 bits per heavy atom. The van der Waals surface area contributed by atoms with E-state index in [0.29, 0.717) is 34.3 Å². The Kier molecular flexibility index (Phi) is 7.19. The van der Waals surface area contributed by atoms with Gasteiger partial charge in [-0.2, -0.15) is 0 Å². The molecule has 1 atom stereocenters. The van der Waals surface area contributed by atoms with Crippen molar-refractivity contribution < 1.29 is 14.7 Å². The average molecular weight is 447 g/mol. The van der Waals surface area contributed by atoms with Crippen molar-refractivity contribution in [1.29, 1.82) is 0 Å². The summed E-state index contributed by atoms with van der Waals surface area (Å²) in [6, 6.07) is 12.8. The second-order valence-corrected chi connectivity index (χ2v) is 7.95. The Bertz CT molecular complexity index is 951. The van der Waals surface area contributed by atoms with Crippen LogP contribution in [0.4, 0.5) is 0 Å². The summed E-state index contributed by atoms with van der Waals surface area (Å²) >= 11 is 12.0. The molecule has 0 saturated carbocycles. The van der Waals surface area contributed by atoms with Crippen molar-refractivity contribution in [1.82, 2.24) is 9.80 Å². The highest BCUT2D eigenvalue weighted by molar-refractivity contribution is 6.46. The van der Waals surface area contributed by atoms with Gasteiger partial charge in [-0.25, -0.2) is 0 Å². The third-order valence-corrected chi connectivity index (χ3v) is 5.90. The van der Waals surface area contributed by atoms with Crippen LogP contribution in [0.25, 0.3) is 5.76 Å². The number of nitrogens with zero attached hydrogens (tertiary/aromatic N) is 2. The number of aliphatic hydroxyl groups excluding tert-OH is 1. The lowest BCUT2D eigenvalue weighted by Gasteiger charge is -2.28. The first kappa shape index (κ1) is 22.3. The molecule has 1 heterocycles. The van der Waals surface area contributed by atoms with Crippen molar-refractivity contribution in [3.8, 4) is 0 Å². The highest BCUT2D eigenvalue weighted by Crippen LogP contribution is 2.39. The number of rotatable bonds is 7. The monoisotopic (exact) mass is 446 g/mol. The number of hydrogen-bond donors (Lipinski definition) is 1. The third kappa shape index (κ3) is 4.53. The predicted molar refractivity (Wildman–Crippen MR) is 120 cm³/mol. The fraction of sp³-hybridized carbons (Fsp3) is 0.304. The first-order chi connectivity index (χ1) is 14.4. The second kappa shape index (κ2) is 9.65. The molecular formula is C23H24Cl2N2O3. The average Bonchev–Trinajstić information content (AvgIpc) is 3.00. The second-order valence-electron chi connectivity index (χ2n) is 7.08. The Morgan fingerprint density at radius 3 is 2.03 bits per heavy atom. The van der Waals surface area contributed by atoms with E-state index in [1.807, 2.05) is 0 Å². The fourth-order valence-corrected chi connectivity index (χ4v) is 3.91. The highest BCUT2D eigenvalue weighted by Gasteiger charge is 2.45. The maximum Gasteiger partial charge on any atom is 0.295 e. The van der Waals surface area contributed by atoms with E-state index in [4.69, 9.17) is 23.2 Å². The maximum atomic E-state index is 13.0. The third-order valence-electron chi connectivity index (χ3n) is 5.39. The summed E-state index contributed by atoms with van der Waals surface area (Å²) < 4.78 is 0. The van der Waals surface area contributed by atoms with Crippen LogP contribution in [0.15, 0.2) is 54.1 Å². The highest BCUT2D eigenvalue weighted by atomic mass is 35.5. The zero-order valence-corrected chi connectivity index (χ0v) is 18.5. The van der Waals surface area contributed by atoms with Gasteiger partial charge in [0, 0.05) is 28.7 Å². The number of halogens is 2. The SMILES string of the molecule is CCN(CC)CCN1C(=O)C(=O)/C(=C(\O)c2ccc(Cl)cc2)C1c1ccc(Cl)cc1. The van der Waals surface area contributed by atoms with Gasteiger partial charge >= 0.3 is 0 Å². The minimum Gasteiger partial charge on any atom is -0.507 e. The zero-order chi connectivity index (χ0) is 21.8. The van der Waals surface area contributed by atoms with Gasteiger partial charge < -0.3 is 14.9 Å². The molecule has 1 fully saturated rings. The Hall–Kier alpha value is -2.34. The summed E-state index contributed by atoms with van der Waals surface area (Å²) in [5, 5.41) is 12.0. The van der Waals surface area contributed by atoms with Crippen molar-refractivity contribution in [2.75, 3.05) is 26.2 Å². The van der Waals surface area contributed by atoms with Crippen LogP contribution >= 0.6 is 23.2 Å². The van der Waals surface area contributed by atoms with E-state index >= 15 is 0 Å². The van der Waals surface area contributed by atoms with Gasteiger partial charge in [-0.05, 0) is 55.1 Å².